The predicted molar refractivity (Wildman–Crippen MR) is 34.8 cm³/mol. The lowest BCUT2D eigenvalue weighted by Gasteiger charge is -2.13. The Bertz CT molecular complexity index is 218. The molecule has 0 aromatic carbocycles. The van der Waals surface area contributed by atoms with Crippen LogP contribution in [0.25, 0.3) is 0 Å². The van der Waals surface area contributed by atoms with Crippen molar-refractivity contribution in [2.45, 2.75) is 6.92 Å². The molecular weight excluding hydrogens is 132 g/mol. The molecule has 1 aromatic rings. The van der Waals surface area contributed by atoms with Gasteiger partial charge in [-0.3, -0.25) is 9.80 Å². The van der Waals surface area contributed by atoms with E-state index in [-0.39, 0.29) is 5.91 Å². The number of nitrogens with zero attached hydrogens (tertiary/aromatic N) is 4. The van der Waals surface area contributed by atoms with Gasteiger partial charge in [0.05, 0.1) is 0 Å². The highest BCUT2D eigenvalue weighted by molar-refractivity contribution is 5.82. The first-order valence-corrected chi connectivity index (χ1v) is 2.81. The first-order valence-electron chi connectivity index (χ1n) is 2.81. The molecule has 0 spiro atoms. The van der Waals surface area contributed by atoms with Crippen molar-refractivity contribution in [2.24, 2.45) is 0 Å². The minimum absolute atomic E-state index is 0.0557. The second-order valence-electron chi connectivity index (χ2n) is 1.88. The fourth-order valence-electron chi connectivity index (χ4n) is 0.513. The molecule has 0 aliphatic heterocycles. The van der Waals surface area contributed by atoms with E-state index >= 15 is 0 Å². The zero-order chi connectivity index (χ0) is 7.56. The van der Waals surface area contributed by atoms with Crippen molar-refractivity contribution in [1.29, 1.82) is 0 Å². The van der Waals surface area contributed by atoms with E-state index < -0.39 is 0 Å². The Balaban J connectivity index is 2.77. The van der Waals surface area contributed by atoms with Crippen LogP contribution in [0, 0.1) is 0 Å². The van der Waals surface area contributed by atoms with Crippen molar-refractivity contribution in [2.75, 3.05) is 12.1 Å². The van der Waals surface area contributed by atoms with Gasteiger partial charge < -0.3 is 0 Å². The van der Waals surface area contributed by atoms with Crippen molar-refractivity contribution in [3.63, 3.8) is 0 Å². The monoisotopic (exact) mass is 140 g/mol. The Morgan fingerprint density at radius 1 is 1.50 bits per heavy atom. The van der Waals surface area contributed by atoms with Crippen LogP contribution in [0.3, 0.4) is 0 Å². The van der Waals surface area contributed by atoms with Crippen LogP contribution in [0.4, 0.5) is 0 Å². The van der Waals surface area contributed by atoms with Gasteiger partial charge in [-0.05, 0) is 0 Å². The Kier molecular flexibility index (Phi) is 1.66. The molecule has 0 saturated heterocycles. The molecule has 0 radical (unpaired) electrons. The third kappa shape index (κ3) is 1.12. The van der Waals surface area contributed by atoms with Crippen molar-refractivity contribution in [3.8, 4) is 0 Å². The van der Waals surface area contributed by atoms with E-state index in [1.54, 1.807) is 7.05 Å². The number of amides is 1. The molecule has 0 N–H and O–H groups in total. The summed E-state index contributed by atoms with van der Waals surface area (Å²) in [5, 5.41) is 8.49. The summed E-state index contributed by atoms with van der Waals surface area (Å²) < 4.78 is 1.50. The first-order chi connectivity index (χ1) is 4.72. The smallest absolute Gasteiger partial charge is 0.238 e. The number of hydrogen-bond acceptors (Lipinski definition) is 3. The molecule has 0 aliphatic rings. The molecule has 0 saturated carbocycles. The van der Waals surface area contributed by atoms with Crippen molar-refractivity contribution in [3.05, 3.63) is 12.7 Å². The second-order valence-corrected chi connectivity index (χ2v) is 1.88. The lowest BCUT2D eigenvalue weighted by molar-refractivity contribution is -0.117. The molecule has 0 aliphatic carbocycles. The molecule has 0 unspecified atom stereocenters. The largest absolute Gasteiger partial charge is 0.273 e. The van der Waals surface area contributed by atoms with Crippen molar-refractivity contribution >= 4 is 5.91 Å². The van der Waals surface area contributed by atoms with E-state index in [9.17, 15) is 4.79 Å². The fourth-order valence-corrected chi connectivity index (χ4v) is 0.513. The zero-order valence-corrected chi connectivity index (χ0v) is 5.85. The summed E-state index contributed by atoms with van der Waals surface area (Å²) in [6.07, 6.45) is 2.92. The van der Waals surface area contributed by atoms with E-state index in [0.717, 1.165) is 0 Å². The minimum Gasteiger partial charge on any atom is -0.273 e. The fraction of sp³-hybridized carbons (Fsp3) is 0.400. The molecule has 0 atom stereocenters. The zero-order valence-electron chi connectivity index (χ0n) is 5.85. The average molecular weight is 140 g/mol. The molecule has 54 valence electrons. The Hall–Kier alpha value is -1.39. The maximum atomic E-state index is 10.7. The van der Waals surface area contributed by atoms with Crippen LogP contribution in [0.15, 0.2) is 12.7 Å². The van der Waals surface area contributed by atoms with Crippen LogP contribution < -0.4 is 5.01 Å². The van der Waals surface area contributed by atoms with Gasteiger partial charge in [-0.15, -0.1) is 10.2 Å². The predicted octanol–water partition coefficient (Wildman–Crippen LogP) is -0.608. The Labute approximate surface area is 58.2 Å². The SMILES string of the molecule is CC(=O)N(C)n1cnnc1. The number of rotatable bonds is 1. The molecule has 1 aromatic heterocycles. The Morgan fingerprint density at radius 2 is 2.00 bits per heavy atom. The number of hydrogen-bond donors (Lipinski definition) is 0. The lowest BCUT2D eigenvalue weighted by Crippen LogP contribution is -2.33. The third-order valence-electron chi connectivity index (χ3n) is 1.21. The van der Waals surface area contributed by atoms with Gasteiger partial charge in [0.25, 0.3) is 0 Å². The topological polar surface area (TPSA) is 51.0 Å². The molecule has 10 heavy (non-hydrogen) atoms. The molecule has 1 rings (SSSR count). The molecule has 0 bridgehead atoms. The summed E-state index contributed by atoms with van der Waals surface area (Å²) >= 11 is 0. The molecule has 5 nitrogen and oxygen atoms in total. The van der Waals surface area contributed by atoms with Crippen LogP contribution >= 0.6 is 0 Å². The van der Waals surface area contributed by atoms with Gasteiger partial charge in [0, 0.05) is 14.0 Å². The van der Waals surface area contributed by atoms with E-state index in [1.807, 2.05) is 0 Å². The molecular formula is C5H8N4O. The van der Waals surface area contributed by atoms with Gasteiger partial charge in [-0.25, -0.2) is 4.68 Å². The van der Waals surface area contributed by atoms with Crippen LogP contribution in [-0.2, 0) is 4.79 Å². The van der Waals surface area contributed by atoms with Crippen LogP contribution in [0.1, 0.15) is 6.92 Å². The van der Waals surface area contributed by atoms with Crippen LogP contribution in [-0.4, -0.2) is 27.8 Å². The minimum atomic E-state index is -0.0557. The Morgan fingerprint density at radius 3 is 2.40 bits per heavy atom. The quantitative estimate of drug-likeness (QED) is 0.523. The van der Waals surface area contributed by atoms with E-state index in [2.05, 4.69) is 10.2 Å². The molecule has 1 heterocycles. The van der Waals surface area contributed by atoms with E-state index in [0.29, 0.717) is 0 Å². The molecule has 5 heteroatoms. The van der Waals surface area contributed by atoms with Gasteiger partial charge in [-0.2, -0.15) is 0 Å². The standard InChI is InChI=1S/C5H8N4O/c1-5(10)8(2)9-3-6-7-4-9/h3-4H,1-2H3. The maximum Gasteiger partial charge on any atom is 0.238 e. The highest BCUT2D eigenvalue weighted by Gasteiger charge is 2.01. The summed E-state index contributed by atoms with van der Waals surface area (Å²) in [5.41, 5.74) is 0. The van der Waals surface area contributed by atoms with Crippen LogP contribution in [0.2, 0.25) is 0 Å². The van der Waals surface area contributed by atoms with E-state index in [1.165, 1.54) is 29.3 Å². The van der Waals surface area contributed by atoms with Crippen molar-refractivity contribution < 1.29 is 4.79 Å². The van der Waals surface area contributed by atoms with E-state index in [4.69, 9.17) is 0 Å². The maximum absolute atomic E-state index is 10.7. The highest BCUT2D eigenvalue weighted by atomic mass is 16.2. The summed E-state index contributed by atoms with van der Waals surface area (Å²) in [6, 6.07) is 0. The molecule has 1 amide bonds. The number of carbonyl (C=O) groups is 1. The van der Waals surface area contributed by atoms with Gasteiger partial charge >= 0.3 is 0 Å². The molecule has 0 fully saturated rings. The van der Waals surface area contributed by atoms with Crippen molar-refractivity contribution in [1.82, 2.24) is 14.9 Å². The average Bonchev–Trinajstić information content (AvgIpc) is 2.36. The van der Waals surface area contributed by atoms with Gasteiger partial charge in [0.1, 0.15) is 12.7 Å². The third-order valence-corrected chi connectivity index (χ3v) is 1.21. The second kappa shape index (κ2) is 2.47. The first kappa shape index (κ1) is 6.73. The van der Waals surface area contributed by atoms with Crippen LogP contribution in [0.5, 0.6) is 0 Å². The number of carbonyl (C=O) groups excluding carboxylic acids is 1. The summed E-state index contributed by atoms with van der Waals surface area (Å²) in [6.45, 7) is 1.47. The summed E-state index contributed by atoms with van der Waals surface area (Å²) in [7, 11) is 1.64. The lowest BCUT2D eigenvalue weighted by atomic mass is 10.7. The normalized spacial score (nSPS) is 9.40. The number of aromatic nitrogens is 3. The highest BCUT2D eigenvalue weighted by Crippen LogP contribution is 1.83. The van der Waals surface area contributed by atoms with Gasteiger partial charge in [-0.1, -0.05) is 0 Å². The van der Waals surface area contributed by atoms with Gasteiger partial charge in [0.2, 0.25) is 5.91 Å². The summed E-state index contributed by atoms with van der Waals surface area (Å²) in [4.78, 5) is 10.7. The van der Waals surface area contributed by atoms with Gasteiger partial charge in [0.15, 0.2) is 0 Å². The summed E-state index contributed by atoms with van der Waals surface area (Å²) in [5.74, 6) is -0.0557.